The first-order chi connectivity index (χ1) is 13.0. The summed E-state index contributed by atoms with van der Waals surface area (Å²) in [6.45, 7) is 4.86. The fourth-order valence-electron chi connectivity index (χ4n) is 3.88. The molecule has 3 N–H and O–H groups in total. The van der Waals surface area contributed by atoms with E-state index in [2.05, 4.69) is 5.32 Å². The summed E-state index contributed by atoms with van der Waals surface area (Å²) in [5.41, 5.74) is 6.14. The van der Waals surface area contributed by atoms with E-state index in [1.54, 1.807) is 12.1 Å². The van der Waals surface area contributed by atoms with Gasteiger partial charge in [0, 0.05) is 19.1 Å². The van der Waals surface area contributed by atoms with Crippen LogP contribution >= 0.6 is 0 Å². The van der Waals surface area contributed by atoms with Crippen LogP contribution in [0.2, 0.25) is 0 Å². The SMILES string of the molecule is CC1(C)CN(CC(=O)N2c3ccccc3NC(=O)CC2C(F)(F)F)CCC1N. The minimum Gasteiger partial charge on any atom is -0.327 e. The van der Waals surface area contributed by atoms with Crippen molar-refractivity contribution in [3.8, 4) is 0 Å². The molecule has 0 saturated carbocycles. The van der Waals surface area contributed by atoms with Crippen molar-refractivity contribution in [1.29, 1.82) is 0 Å². The minimum atomic E-state index is -4.73. The van der Waals surface area contributed by atoms with Crippen molar-refractivity contribution < 1.29 is 22.8 Å². The number of benzene rings is 1. The maximum atomic E-state index is 13.7. The normalized spacial score (nSPS) is 25.6. The van der Waals surface area contributed by atoms with Crippen molar-refractivity contribution in [2.24, 2.45) is 11.1 Å². The fraction of sp³-hybridized carbons (Fsp3) is 0.579. The van der Waals surface area contributed by atoms with Gasteiger partial charge >= 0.3 is 6.18 Å². The molecule has 0 bridgehead atoms. The van der Waals surface area contributed by atoms with Gasteiger partial charge in [-0.1, -0.05) is 26.0 Å². The van der Waals surface area contributed by atoms with Crippen LogP contribution in [-0.2, 0) is 9.59 Å². The molecule has 6 nitrogen and oxygen atoms in total. The quantitative estimate of drug-likeness (QED) is 0.802. The average Bonchev–Trinajstić information content (AvgIpc) is 2.73. The number of rotatable bonds is 2. The fourth-order valence-corrected chi connectivity index (χ4v) is 3.88. The van der Waals surface area contributed by atoms with E-state index in [0.717, 1.165) is 4.90 Å². The van der Waals surface area contributed by atoms with Gasteiger partial charge in [0.15, 0.2) is 0 Å². The summed E-state index contributed by atoms with van der Waals surface area (Å²) in [5.74, 6) is -1.45. The Bertz CT molecular complexity index is 766. The Morgan fingerprint density at radius 1 is 1.32 bits per heavy atom. The highest BCUT2D eigenvalue weighted by Crippen LogP contribution is 2.38. The number of fused-ring (bicyclic) bond motifs is 1. The number of nitrogens with two attached hydrogens (primary N) is 1. The third kappa shape index (κ3) is 4.15. The van der Waals surface area contributed by atoms with Crippen molar-refractivity contribution in [1.82, 2.24) is 4.90 Å². The lowest BCUT2D eigenvalue weighted by Crippen LogP contribution is -2.56. The lowest BCUT2D eigenvalue weighted by atomic mass is 9.80. The summed E-state index contributed by atoms with van der Waals surface area (Å²) in [6, 6.07) is 3.84. The highest BCUT2D eigenvalue weighted by molar-refractivity contribution is 6.05. The molecule has 2 heterocycles. The number of nitrogens with one attached hydrogen (secondary N) is 1. The zero-order valence-electron chi connectivity index (χ0n) is 15.9. The van der Waals surface area contributed by atoms with Gasteiger partial charge in [-0.2, -0.15) is 13.2 Å². The first-order valence-corrected chi connectivity index (χ1v) is 9.24. The van der Waals surface area contributed by atoms with E-state index in [0.29, 0.717) is 19.5 Å². The topological polar surface area (TPSA) is 78.7 Å². The van der Waals surface area contributed by atoms with Crippen molar-refractivity contribution in [3.63, 3.8) is 0 Å². The molecule has 28 heavy (non-hydrogen) atoms. The number of likely N-dealkylation sites (tertiary alicyclic amines) is 1. The maximum absolute atomic E-state index is 13.7. The number of hydrogen-bond acceptors (Lipinski definition) is 4. The Balaban J connectivity index is 1.91. The van der Waals surface area contributed by atoms with Crippen LogP contribution in [0.25, 0.3) is 0 Å². The first kappa shape index (κ1) is 20.6. The highest BCUT2D eigenvalue weighted by Gasteiger charge is 2.49. The summed E-state index contributed by atoms with van der Waals surface area (Å²) < 4.78 is 41.2. The van der Waals surface area contributed by atoms with Crippen LogP contribution in [0.4, 0.5) is 24.5 Å². The van der Waals surface area contributed by atoms with Crippen molar-refractivity contribution in [3.05, 3.63) is 24.3 Å². The van der Waals surface area contributed by atoms with Gasteiger partial charge in [0.25, 0.3) is 0 Å². The summed E-state index contributed by atoms with van der Waals surface area (Å²) >= 11 is 0. The van der Waals surface area contributed by atoms with Crippen molar-refractivity contribution >= 4 is 23.2 Å². The van der Waals surface area contributed by atoms with E-state index >= 15 is 0 Å². The van der Waals surface area contributed by atoms with E-state index in [1.165, 1.54) is 12.1 Å². The second kappa shape index (κ2) is 7.36. The number of anilines is 2. The molecular formula is C19H25F3N4O2. The number of para-hydroxylation sites is 2. The number of hydrogen-bond donors (Lipinski definition) is 2. The molecule has 0 aliphatic carbocycles. The van der Waals surface area contributed by atoms with Crippen LogP contribution in [0.3, 0.4) is 0 Å². The van der Waals surface area contributed by atoms with Crippen LogP contribution in [0, 0.1) is 5.41 Å². The van der Waals surface area contributed by atoms with Gasteiger partial charge in [0.05, 0.1) is 24.3 Å². The monoisotopic (exact) mass is 398 g/mol. The predicted octanol–water partition coefficient (Wildman–Crippen LogP) is 2.35. The molecule has 1 fully saturated rings. The zero-order valence-corrected chi connectivity index (χ0v) is 15.9. The van der Waals surface area contributed by atoms with Crippen molar-refractivity contribution in [2.45, 2.75) is 44.9 Å². The lowest BCUT2D eigenvalue weighted by Gasteiger charge is -2.43. The molecule has 1 saturated heterocycles. The Morgan fingerprint density at radius 2 is 2.00 bits per heavy atom. The van der Waals surface area contributed by atoms with Gasteiger partial charge in [-0.3, -0.25) is 19.4 Å². The smallest absolute Gasteiger partial charge is 0.327 e. The number of nitrogens with zero attached hydrogens (tertiary/aromatic N) is 2. The number of amides is 2. The molecule has 2 atom stereocenters. The van der Waals surface area contributed by atoms with Crippen molar-refractivity contribution in [2.75, 3.05) is 29.9 Å². The average molecular weight is 398 g/mol. The molecular weight excluding hydrogens is 373 g/mol. The van der Waals surface area contributed by atoms with E-state index in [1.807, 2.05) is 18.7 Å². The molecule has 2 aliphatic heterocycles. The Labute approximate surface area is 161 Å². The van der Waals surface area contributed by atoms with Crippen LogP contribution in [0.15, 0.2) is 24.3 Å². The molecule has 0 radical (unpaired) electrons. The molecule has 2 aliphatic rings. The van der Waals surface area contributed by atoms with Gasteiger partial charge in [-0.15, -0.1) is 0 Å². The second-order valence-corrected chi connectivity index (χ2v) is 8.19. The molecule has 2 amide bonds. The molecule has 3 rings (SSSR count). The standard InChI is InChI=1S/C19H25F3N4O2/c1-18(2)11-25(8-7-14(18)23)10-17(28)26-13-6-4-3-5-12(13)24-16(27)9-15(26)19(20,21)22/h3-6,14-15H,7-11,23H2,1-2H3,(H,24,27). The van der Waals surface area contributed by atoms with E-state index < -0.39 is 30.5 Å². The van der Waals surface area contributed by atoms with E-state index in [-0.39, 0.29) is 29.4 Å². The zero-order chi connectivity index (χ0) is 20.7. The number of halogens is 3. The van der Waals surface area contributed by atoms with Gasteiger partial charge < -0.3 is 11.1 Å². The molecule has 154 valence electrons. The van der Waals surface area contributed by atoms with Crippen LogP contribution in [0.1, 0.15) is 26.7 Å². The van der Waals surface area contributed by atoms with E-state index in [9.17, 15) is 22.8 Å². The van der Waals surface area contributed by atoms with Gasteiger partial charge in [0.2, 0.25) is 11.8 Å². The number of carbonyl (C=O) groups is 2. The molecule has 2 unspecified atom stereocenters. The predicted molar refractivity (Wildman–Crippen MR) is 99.8 cm³/mol. The number of alkyl halides is 3. The Kier molecular flexibility index (Phi) is 5.42. The Hall–Kier alpha value is -2.13. The van der Waals surface area contributed by atoms with Gasteiger partial charge in [0.1, 0.15) is 6.04 Å². The third-order valence-corrected chi connectivity index (χ3v) is 5.52. The molecule has 9 heteroatoms. The molecule has 0 spiro atoms. The van der Waals surface area contributed by atoms with E-state index in [4.69, 9.17) is 5.73 Å². The summed E-state index contributed by atoms with van der Waals surface area (Å²) in [7, 11) is 0. The van der Waals surface area contributed by atoms with Crippen LogP contribution in [0.5, 0.6) is 0 Å². The number of piperidine rings is 1. The molecule has 0 aromatic heterocycles. The van der Waals surface area contributed by atoms with Crippen LogP contribution in [-0.4, -0.2) is 54.6 Å². The minimum absolute atomic E-state index is 0.0255. The first-order valence-electron chi connectivity index (χ1n) is 9.24. The Morgan fingerprint density at radius 3 is 2.64 bits per heavy atom. The molecule has 1 aromatic carbocycles. The maximum Gasteiger partial charge on any atom is 0.409 e. The summed E-state index contributed by atoms with van der Waals surface area (Å²) in [4.78, 5) is 27.6. The lowest BCUT2D eigenvalue weighted by molar-refractivity contribution is -0.158. The molecule has 1 aromatic rings. The third-order valence-electron chi connectivity index (χ3n) is 5.52. The van der Waals surface area contributed by atoms with Gasteiger partial charge in [-0.25, -0.2) is 0 Å². The van der Waals surface area contributed by atoms with Crippen LogP contribution < -0.4 is 16.0 Å². The highest BCUT2D eigenvalue weighted by atomic mass is 19.4. The van der Waals surface area contributed by atoms with Gasteiger partial charge in [-0.05, 0) is 24.0 Å². The second-order valence-electron chi connectivity index (χ2n) is 8.19. The summed E-state index contributed by atoms with van der Waals surface area (Å²) in [5, 5.41) is 2.47. The largest absolute Gasteiger partial charge is 0.409 e. The summed E-state index contributed by atoms with van der Waals surface area (Å²) in [6.07, 6.45) is -4.89. The number of carbonyl (C=O) groups excluding carboxylic acids is 2.